The van der Waals surface area contributed by atoms with Gasteiger partial charge in [0.2, 0.25) is 0 Å². The van der Waals surface area contributed by atoms with Crippen molar-refractivity contribution in [1.82, 2.24) is 10.3 Å². The second-order valence-electron chi connectivity index (χ2n) is 6.70. The minimum absolute atomic E-state index is 0.0464. The highest BCUT2D eigenvalue weighted by molar-refractivity contribution is 5.97. The molecule has 0 saturated carbocycles. The summed E-state index contributed by atoms with van der Waals surface area (Å²) >= 11 is 0. The molecule has 0 spiro atoms. The molecule has 1 aromatic heterocycles. The Labute approximate surface area is 179 Å². The number of carbonyl (C=O) groups is 2. The highest BCUT2D eigenvalue weighted by atomic mass is 16.5. The van der Waals surface area contributed by atoms with Crippen molar-refractivity contribution in [3.8, 4) is 17.2 Å². The van der Waals surface area contributed by atoms with Gasteiger partial charge in [0.05, 0.1) is 7.11 Å². The third-order valence-corrected chi connectivity index (χ3v) is 4.54. The number of benzene rings is 2. The summed E-state index contributed by atoms with van der Waals surface area (Å²) in [6, 6.07) is 16.9. The van der Waals surface area contributed by atoms with E-state index in [1.807, 2.05) is 30.3 Å². The third kappa shape index (κ3) is 5.72. The lowest BCUT2D eigenvalue weighted by atomic mass is 10.1. The predicted octanol–water partition coefficient (Wildman–Crippen LogP) is 2.80. The average Bonchev–Trinajstić information content (AvgIpc) is 2.78. The molecule has 0 aliphatic heterocycles. The molecule has 3 rings (SSSR count). The van der Waals surface area contributed by atoms with E-state index in [0.717, 1.165) is 5.56 Å². The summed E-state index contributed by atoms with van der Waals surface area (Å²) < 4.78 is 10.7. The summed E-state index contributed by atoms with van der Waals surface area (Å²) in [5, 5.41) is 22.0. The number of carboxylic acid groups (broad SMARTS) is 1. The molecule has 0 saturated heterocycles. The number of hydrogen-bond acceptors (Lipinski definition) is 6. The van der Waals surface area contributed by atoms with Gasteiger partial charge in [-0.05, 0) is 23.3 Å². The maximum absolute atomic E-state index is 12.4. The van der Waals surface area contributed by atoms with Crippen LogP contribution in [0.3, 0.4) is 0 Å². The standard InChI is InChI=1S/C23H22N2O6/c1-30-19-11-12-24-20(21(19)26)22(27)25-18(23(28)29)13-15-7-9-17(10-8-15)31-14-16-5-3-2-4-6-16/h2-12,18,26H,13-14H2,1H3,(H,25,27)(H,28,29)/t18-/m0/s1. The lowest BCUT2D eigenvalue weighted by Crippen LogP contribution is -2.42. The maximum Gasteiger partial charge on any atom is 0.326 e. The molecule has 0 bridgehead atoms. The Morgan fingerprint density at radius 2 is 1.74 bits per heavy atom. The van der Waals surface area contributed by atoms with Gasteiger partial charge in [0.15, 0.2) is 17.2 Å². The van der Waals surface area contributed by atoms with E-state index in [1.54, 1.807) is 24.3 Å². The first-order valence-corrected chi connectivity index (χ1v) is 9.49. The Morgan fingerprint density at radius 1 is 1.03 bits per heavy atom. The number of nitrogens with zero attached hydrogens (tertiary/aromatic N) is 1. The van der Waals surface area contributed by atoms with Gasteiger partial charge in [-0.25, -0.2) is 9.78 Å². The summed E-state index contributed by atoms with van der Waals surface area (Å²) in [4.78, 5) is 27.9. The Kier molecular flexibility index (Phi) is 7.05. The predicted molar refractivity (Wildman–Crippen MR) is 112 cm³/mol. The van der Waals surface area contributed by atoms with Gasteiger partial charge in [0, 0.05) is 18.7 Å². The maximum atomic E-state index is 12.4. The van der Waals surface area contributed by atoms with Crippen molar-refractivity contribution in [2.75, 3.05) is 7.11 Å². The number of aromatic nitrogens is 1. The smallest absolute Gasteiger partial charge is 0.326 e. The Bertz CT molecular complexity index is 1040. The molecular weight excluding hydrogens is 400 g/mol. The molecule has 3 N–H and O–H groups in total. The zero-order chi connectivity index (χ0) is 22.2. The van der Waals surface area contributed by atoms with Crippen molar-refractivity contribution in [3.63, 3.8) is 0 Å². The number of pyridine rings is 1. The highest BCUT2D eigenvalue weighted by Crippen LogP contribution is 2.27. The molecule has 8 heteroatoms. The number of ether oxygens (including phenoxy) is 2. The van der Waals surface area contributed by atoms with Gasteiger partial charge in [0.25, 0.3) is 5.91 Å². The number of amides is 1. The Hall–Kier alpha value is -4.07. The summed E-state index contributed by atoms with van der Waals surface area (Å²) in [5.74, 6) is -1.76. The summed E-state index contributed by atoms with van der Waals surface area (Å²) in [6.45, 7) is 0.422. The summed E-state index contributed by atoms with van der Waals surface area (Å²) in [6.07, 6.45) is 1.34. The normalized spacial score (nSPS) is 11.4. The van der Waals surface area contributed by atoms with Crippen molar-refractivity contribution in [2.45, 2.75) is 19.1 Å². The molecule has 0 aliphatic rings. The zero-order valence-electron chi connectivity index (χ0n) is 16.8. The number of carboxylic acids is 1. The lowest BCUT2D eigenvalue weighted by molar-refractivity contribution is -0.139. The van der Waals surface area contributed by atoms with E-state index in [0.29, 0.717) is 17.9 Å². The van der Waals surface area contributed by atoms with Crippen LogP contribution in [0.2, 0.25) is 0 Å². The number of carbonyl (C=O) groups excluding carboxylic acids is 1. The SMILES string of the molecule is COc1ccnc(C(=O)N[C@@H](Cc2ccc(OCc3ccccc3)cc2)C(=O)O)c1O. The first-order chi connectivity index (χ1) is 15.0. The molecule has 0 aliphatic carbocycles. The number of hydrogen-bond donors (Lipinski definition) is 3. The molecule has 1 atom stereocenters. The van der Waals surface area contributed by atoms with Crippen LogP contribution >= 0.6 is 0 Å². The fraction of sp³-hybridized carbons (Fsp3) is 0.174. The molecule has 3 aromatic rings. The van der Waals surface area contributed by atoms with Gasteiger partial charge in [-0.1, -0.05) is 42.5 Å². The first kappa shape index (κ1) is 21.6. The number of methoxy groups -OCH3 is 1. The van der Waals surface area contributed by atoms with Crippen LogP contribution in [-0.4, -0.2) is 40.2 Å². The highest BCUT2D eigenvalue weighted by Gasteiger charge is 2.24. The van der Waals surface area contributed by atoms with Crippen LogP contribution in [-0.2, 0) is 17.8 Å². The molecule has 1 amide bonds. The van der Waals surface area contributed by atoms with Crippen molar-refractivity contribution in [3.05, 3.63) is 83.7 Å². The van der Waals surface area contributed by atoms with Gasteiger partial charge in [-0.2, -0.15) is 0 Å². The Morgan fingerprint density at radius 3 is 2.39 bits per heavy atom. The quantitative estimate of drug-likeness (QED) is 0.485. The molecule has 0 unspecified atom stereocenters. The van der Waals surface area contributed by atoms with Crippen molar-refractivity contribution in [1.29, 1.82) is 0 Å². The van der Waals surface area contributed by atoms with Crippen molar-refractivity contribution < 1.29 is 29.3 Å². The molecule has 0 radical (unpaired) electrons. The first-order valence-electron chi connectivity index (χ1n) is 9.49. The number of aliphatic carboxylic acids is 1. The van der Waals surface area contributed by atoms with Crippen LogP contribution in [0.4, 0.5) is 0 Å². The van der Waals surface area contributed by atoms with E-state index in [-0.39, 0.29) is 17.9 Å². The van der Waals surface area contributed by atoms with E-state index in [1.165, 1.54) is 19.4 Å². The number of nitrogens with one attached hydrogen (secondary N) is 1. The average molecular weight is 422 g/mol. The van der Waals surface area contributed by atoms with Crippen LogP contribution in [0.25, 0.3) is 0 Å². The van der Waals surface area contributed by atoms with Crippen molar-refractivity contribution >= 4 is 11.9 Å². The monoisotopic (exact) mass is 422 g/mol. The second-order valence-corrected chi connectivity index (χ2v) is 6.70. The van der Waals surface area contributed by atoms with Crippen LogP contribution in [0, 0.1) is 0 Å². The number of aromatic hydroxyl groups is 1. The van der Waals surface area contributed by atoms with E-state index >= 15 is 0 Å². The van der Waals surface area contributed by atoms with Crippen LogP contribution in [0.1, 0.15) is 21.6 Å². The lowest BCUT2D eigenvalue weighted by Gasteiger charge is -2.15. The summed E-state index contributed by atoms with van der Waals surface area (Å²) in [5.41, 5.74) is 1.42. The minimum Gasteiger partial charge on any atom is -0.503 e. The molecule has 160 valence electrons. The molecule has 1 heterocycles. The van der Waals surface area contributed by atoms with Gasteiger partial charge >= 0.3 is 5.97 Å². The molecule has 0 fully saturated rings. The Balaban J connectivity index is 1.63. The van der Waals surface area contributed by atoms with Gasteiger partial charge < -0.3 is 25.0 Å². The molecular formula is C23H22N2O6. The van der Waals surface area contributed by atoms with E-state index in [2.05, 4.69) is 10.3 Å². The van der Waals surface area contributed by atoms with E-state index < -0.39 is 23.7 Å². The third-order valence-electron chi connectivity index (χ3n) is 4.54. The van der Waals surface area contributed by atoms with Crippen LogP contribution in [0.5, 0.6) is 17.2 Å². The number of rotatable bonds is 9. The van der Waals surface area contributed by atoms with Crippen LogP contribution < -0.4 is 14.8 Å². The van der Waals surface area contributed by atoms with Crippen molar-refractivity contribution in [2.24, 2.45) is 0 Å². The van der Waals surface area contributed by atoms with Gasteiger partial charge in [-0.15, -0.1) is 0 Å². The molecule has 2 aromatic carbocycles. The fourth-order valence-electron chi connectivity index (χ4n) is 2.89. The van der Waals surface area contributed by atoms with Gasteiger partial charge in [-0.3, -0.25) is 4.79 Å². The van der Waals surface area contributed by atoms with E-state index in [4.69, 9.17) is 9.47 Å². The molecule has 8 nitrogen and oxygen atoms in total. The molecule has 31 heavy (non-hydrogen) atoms. The fourth-order valence-corrected chi connectivity index (χ4v) is 2.89. The minimum atomic E-state index is -1.21. The second kappa shape index (κ2) is 10.1. The summed E-state index contributed by atoms with van der Waals surface area (Å²) in [7, 11) is 1.34. The zero-order valence-corrected chi connectivity index (χ0v) is 16.8. The van der Waals surface area contributed by atoms with Gasteiger partial charge in [0.1, 0.15) is 18.4 Å². The van der Waals surface area contributed by atoms with Crippen LogP contribution in [0.15, 0.2) is 66.9 Å². The topological polar surface area (TPSA) is 118 Å². The largest absolute Gasteiger partial charge is 0.503 e. The van der Waals surface area contributed by atoms with E-state index in [9.17, 15) is 19.8 Å².